The summed E-state index contributed by atoms with van der Waals surface area (Å²) in [5, 5.41) is 0. The standard InChI is InChI=1S/C61H116O6/c1-4-7-10-13-16-19-22-25-27-28-29-30-31-32-34-36-39-42-45-48-51-54-60(63)66-57-58(56-65-59(62)53-50-47-44-41-38-35-24-21-18-15-12-9-6-3)67-61(64)55-52-49-46-43-40-37-33-26-23-20-17-14-11-8-5-2/h20,23,58H,4-19,21-22,24-57H2,1-3H3/b23-20-/t58-/m0/s1. The minimum atomic E-state index is -0.767. The van der Waals surface area contributed by atoms with Gasteiger partial charge in [0.15, 0.2) is 6.10 Å². The molecule has 67 heavy (non-hydrogen) atoms. The molecule has 1 atom stereocenters. The molecule has 0 aromatic carbocycles. The zero-order valence-corrected chi connectivity index (χ0v) is 45.5. The molecule has 0 aliphatic carbocycles. The van der Waals surface area contributed by atoms with Gasteiger partial charge in [-0.2, -0.15) is 0 Å². The van der Waals surface area contributed by atoms with Crippen molar-refractivity contribution in [2.24, 2.45) is 0 Å². The Bertz CT molecular complexity index is 1040. The SMILES string of the molecule is CCCCCC/C=C\CCCCCCCCCC(=O)O[C@@H](COC(=O)CCCCCCCCCCCCCCC)COC(=O)CCCCCCCCCCCCCCCCCCCCCCC. The van der Waals surface area contributed by atoms with Crippen LogP contribution in [0.1, 0.15) is 342 Å². The molecule has 0 saturated heterocycles. The summed E-state index contributed by atoms with van der Waals surface area (Å²) in [6.45, 7) is 6.69. The van der Waals surface area contributed by atoms with E-state index in [1.54, 1.807) is 0 Å². The van der Waals surface area contributed by atoms with Crippen LogP contribution in [-0.2, 0) is 28.6 Å². The van der Waals surface area contributed by atoms with Crippen LogP contribution in [0.5, 0.6) is 0 Å². The highest BCUT2D eigenvalue weighted by Crippen LogP contribution is 2.18. The summed E-state index contributed by atoms with van der Waals surface area (Å²) in [6, 6.07) is 0. The first-order valence-electron chi connectivity index (χ1n) is 30.2. The van der Waals surface area contributed by atoms with Gasteiger partial charge in [-0.05, 0) is 44.9 Å². The van der Waals surface area contributed by atoms with E-state index in [1.165, 1.54) is 244 Å². The molecule has 0 rings (SSSR count). The van der Waals surface area contributed by atoms with E-state index in [0.29, 0.717) is 19.3 Å². The van der Waals surface area contributed by atoms with E-state index >= 15 is 0 Å². The van der Waals surface area contributed by atoms with Gasteiger partial charge >= 0.3 is 17.9 Å². The molecule has 0 heterocycles. The van der Waals surface area contributed by atoms with Crippen molar-refractivity contribution < 1.29 is 28.6 Å². The Balaban J connectivity index is 4.25. The van der Waals surface area contributed by atoms with Crippen molar-refractivity contribution in [3.63, 3.8) is 0 Å². The molecule has 0 aromatic heterocycles. The highest BCUT2D eigenvalue weighted by atomic mass is 16.6. The Kier molecular flexibility index (Phi) is 55.2. The Morgan fingerprint density at radius 1 is 0.284 bits per heavy atom. The number of carbonyl (C=O) groups is 3. The van der Waals surface area contributed by atoms with Crippen molar-refractivity contribution in [3.05, 3.63) is 12.2 Å². The van der Waals surface area contributed by atoms with E-state index in [2.05, 4.69) is 32.9 Å². The number of rotatable bonds is 56. The van der Waals surface area contributed by atoms with Gasteiger partial charge in [0.2, 0.25) is 0 Å². The molecule has 6 nitrogen and oxygen atoms in total. The third-order valence-corrected chi connectivity index (χ3v) is 13.8. The molecule has 0 aliphatic rings. The first kappa shape index (κ1) is 65.1. The highest BCUT2D eigenvalue weighted by molar-refractivity contribution is 5.71. The van der Waals surface area contributed by atoms with Crippen molar-refractivity contribution in [1.29, 1.82) is 0 Å². The predicted molar refractivity (Wildman–Crippen MR) is 289 cm³/mol. The summed E-state index contributed by atoms with van der Waals surface area (Å²) < 4.78 is 16.9. The van der Waals surface area contributed by atoms with Crippen LogP contribution in [0.3, 0.4) is 0 Å². The monoisotopic (exact) mass is 945 g/mol. The number of hydrogen-bond acceptors (Lipinski definition) is 6. The van der Waals surface area contributed by atoms with Crippen molar-refractivity contribution in [2.75, 3.05) is 13.2 Å². The van der Waals surface area contributed by atoms with Gasteiger partial charge in [0, 0.05) is 19.3 Å². The van der Waals surface area contributed by atoms with Gasteiger partial charge in [-0.3, -0.25) is 14.4 Å². The van der Waals surface area contributed by atoms with E-state index in [9.17, 15) is 14.4 Å². The van der Waals surface area contributed by atoms with Gasteiger partial charge < -0.3 is 14.2 Å². The van der Waals surface area contributed by atoms with Crippen LogP contribution in [0.15, 0.2) is 12.2 Å². The average Bonchev–Trinajstić information content (AvgIpc) is 3.33. The zero-order chi connectivity index (χ0) is 48.6. The van der Waals surface area contributed by atoms with E-state index in [-0.39, 0.29) is 31.1 Å². The molecule has 0 N–H and O–H groups in total. The number of esters is 3. The second kappa shape index (κ2) is 56.7. The normalized spacial score (nSPS) is 12.0. The van der Waals surface area contributed by atoms with E-state index < -0.39 is 6.10 Å². The molecule has 0 aromatic rings. The molecule has 0 aliphatic heterocycles. The van der Waals surface area contributed by atoms with Gasteiger partial charge in [0.05, 0.1) is 0 Å². The number of allylic oxidation sites excluding steroid dienone is 2. The Morgan fingerprint density at radius 3 is 0.761 bits per heavy atom. The molecule has 0 radical (unpaired) electrons. The number of ether oxygens (including phenoxy) is 3. The van der Waals surface area contributed by atoms with Gasteiger partial charge in [0.1, 0.15) is 13.2 Å². The minimum Gasteiger partial charge on any atom is -0.462 e. The number of unbranched alkanes of at least 4 members (excludes halogenated alkanes) is 43. The molecular formula is C61H116O6. The topological polar surface area (TPSA) is 78.9 Å². The van der Waals surface area contributed by atoms with Gasteiger partial charge in [-0.25, -0.2) is 0 Å². The third-order valence-electron chi connectivity index (χ3n) is 13.8. The second-order valence-corrected chi connectivity index (χ2v) is 20.6. The molecule has 396 valence electrons. The summed E-state index contributed by atoms with van der Waals surface area (Å²) >= 11 is 0. The van der Waals surface area contributed by atoms with Crippen LogP contribution >= 0.6 is 0 Å². The lowest BCUT2D eigenvalue weighted by Crippen LogP contribution is -2.30. The summed E-state index contributed by atoms with van der Waals surface area (Å²) in [4.78, 5) is 38.2. The molecule has 0 unspecified atom stereocenters. The maximum Gasteiger partial charge on any atom is 0.306 e. The summed E-state index contributed by atoms with van der Waals surface area (Å²) in [5.41, 5.74) is 0. The minimum absolute atomic E-state index is 0.0656. The maximum absolute atomic E-state index is 12.8. The van der Waals surface area contributed by atoms with Crippen LogP contribution in [0.4, 0.5) is 0 Å². The lowest BCUT2D eigenvalue weighted by atomic mass is 10.0. The Morgan fingerprint density at radius 2 is 0.493 bits per heavy atom. The smallest absolute Gasteiger partial charge is 0.306 e. The van der Waals surface area contributed by atoms with Crippen molar-refractivity contribution in [3.8, 4) is 0 Å². The van der Waals surface area contributed by atoms with E-state index in [1.807, 2.05) is 0 Å². The first-order chi connectivity index (χ1) is 33.0. The fourth-order valence-electron chi connectivity index (χ4n) is 9.21. The first-order valence-corrected chi connectivity index (χ1v) is 30.2. The number of hydrogen-bond donors (Lipinski definition) is 0. The van der Waals surface area contributed by atoms with Crippen LogP contribution in [0.25, 0.3) is 0 Å². The Hall–Kier alpha value is -1.85. The largest absolute Gasteiger partial charge is 0.462 e. The molecular weight excluding hydrogens is 829 g/mol. The maximum atomic E-state index is 12.8. The van der Waals surface area contributed by atoms with Gasteiger partial charge in [0.25, 0.3) is 0 Å². The van der Waals surface area contributed by atoms with Gasteiger partial charge in [-0.15, -0.1) is 0 Å². The lowest BCUT2D eigenvalue weighted by molar-refractivity contribution is -0.167. The molecule has 0 amide bonds. The fraction of sp³-hybridized carbons (Fsp3) is 0.918. The lowest BCUT2D eigenvalue weighted by Gasteiger charge is -2.18. The predicted octanol–water partition coefficient (Wildman–Crippen LogP) is 20.1. The molecule has 0 fully saturated rings. The van der Waals surface area contributed by atoms with Crippen LogP contribution in [0.2, 0.25) is 0 Å². The van der Waals surface area contributed by atoms with Crippen molar-refractivity contribution >= 4 is 17.9 Å². The highest BCUT2D eigenvalue weighted by Gasteiger charge is 2.19. The molecule has 0 saturated carbocycles. The molecule has 0 bridgehead atoms. The van der Waals surface area contributed by atoms with E-state index in [4.69, 9.17) is 14.2 Å². The van der Waals surface area contributed by atoms with Crippen molar-refractivity contribution in [1.82, 2.24) is 0 Å². The second-order valence-electron chi connectivity index (χ2n) is 20.6. The zero-order valence-electron chi connectivity index (χ0n) is 45.5. The van der Waals surface area contributed by atoms with Crippen LogP contribution < -0.4 is 0 Å². The Labute approximate surface area is 418 Å². The summed E-state index contributed by atoms with van der Waals surface area (Å²) in [6.07, 6.45) is 64.9. The van der Waals surface area contributed by atoms with Crippen LogP contribution in [-0.4, -0.2) is 37.2 Å². The average molecular weight is 946 g/mol. The molecule has 6 heteroatoms. The summed E-state index contributed by atoms with van der Waals surface area (Å²) in [5.74, 6) is -0.844. The van der Waals surface area contributed by atoms with Gasteiger partial charge in [-0.1, -0.05) is 290 Å². The van der Waals surface area contributed by atoms with Crippen molar-refractivity contribution in [2.45, 2.75) is 348 Å². The summed E-state index contributed by atoms with van der Waals surface area (Å²) in [7, 11) is 0. The molecule has 0 spiro atoms. The fourth-order valence-corrected chi connectivity index (χ4v) is 9.21. The van der Waals surface area contributed by atoms with E-state index in [0.717, 1.165) is 57.8 Å². The van der Waals surface area contributed by atoms with Crippen LogP contribution in [0, 0.1) is 0 Å². The number of carbonyl (C=O) groups excluding carboxylic acids is 3. The third kappa shape index (κ3) is 55.0. The quantitative estimate of drug-likeness (QED) is 0.0262.